The zero-order chi connectivity index (χ0) is 22.0. The lowest BCUT2D eigenvalue weighted by Gasteiger charge is -2.15. The predicted octanol–water partition coefficient (Wildman–Crippen LogP) is 3.79. The van der Waals surface area contributed by atoms with Crippen LogP contribution >= 0.6 is 0 Å². The first-order valence-corrected chi connectivity index (χ1v) is 10.1. The third kappa shape index (κ3) is 4.03. The molecule has 3 aromatic rings. The number of hydrogen-bond acceptors (Lipinski definition) is 5. The van der Waals surface area contributed by atoms with Gasteiger partial charge in [-0.05, 0) is 48.9 Å². The van der Waals surface area contributed by atoms with Gasteiger partial charge in [-0.25, -0.2) is 0 Å². The fraction of sp³-hybridized carbons (Fsp3) is 0.292. The van der Waals surface area contributed by atoms with Gasteiger partial charge in [0.1, 0.15) is 0 Å². The van der Waals surface area contributed by atoms with E-state index in [0.717, 1.165) is 34.7 Å². The molecule has 1 aliphatic rings. The van der Waals surface area contributed by atoms with Gasteiger partial charge in [0.2, 0.25) is 0 Å². The number of ether oxygens (including phenoxy) is 4. The average molecular weight is 422 g/mol. The summed E-state index contributed by atoms with van der Waals surface area (Å²) in [5, 5.41) is 0. The zero-order valence-electron chi connectivity index (χ0n) is 17.9. The number of amides is 1. The summed E-state index contributed by atoms with van der Waals surface area (Å²) in [6.45, 7) is 3.66. The van der Waals surface area contributed by atoms with E-state index in [9.17, 15) is 4.79 Å². The van der Waals surface area contributed by atoms with Crippen LogP contribution in [0.25, 0.3) is 11.3 Å². The Morgan fingerprint density at radius 2 is 1.74 bits per heavy atom. The smallest absolute Gasteiger partial charge is 0.250 e. The van der Waals surface area contributed by atoms with Gasteiger partial charge in [0.25, 0.3) is 5.91 Å². The Kier molecular flexibility index (Phi) is 5.75. The molecular formula is C24H26N2O5. The minimum absolute atomic E-state index is 0.459. The summed E-state index contributed by atoms with van der Waals surface area (Å²) in [6, 6.07) is 13.4. The van der Waals surface area contributed by atoms with Gasteiger partial charge >= 0.3 is 0 Å². The first kappa shape index (κ1) is 20.7. The van der Waals surface area contributed by atoms with Crippen LogP contribution in [0.1, 0.15) is 28.0 Å². The van der Waals surface area contributed by atoms with Gasteiger partial charge < -0.3 is 29.2 Å². The van der Waals surface area contributed by atoms with Crippen LogP contribution < -0.4 is 24.7 Å². The number of fused-ring (bicyclic) bond motifs is 1. The highest BCUT2D eigenvalue weighted by atomic mass is 16.5. The van der Waals surface area contributed by atoms with Gasteiger partial charge in [0.05, 0.1) is 33.0 Å². The summed E-state index contributed by atoms with van der Waals surface area (Å²) in [4.78, 5) is 12.1. The Balaban J connectivity index is 1.78. The van der Waals surface area contributed by atoms with E-state index in [4.69, 9.17) is 24.7 Å². The minimum atomic E-state index is -0.459. The largest absolute Gasteiger partial charge is 0.493 e. The van der Waals surface area contributed by atoms with Crippen molar-refractivity contribution in [2.24, 2.45) is 5.73 Å². The molecule has 7 nitrogen and oxygen atoms in total. The van der Waals surface area contributed by atoms with Crippen molar-refractivity contribution in [1.82, 2.24) is 4.57 Å². The van der Waals surface area contributed by atoms with Crippen molar-refractivity contribution in [1.29, 1.82) is 0 Å². The highest BCUT2D eigenvalue weighted by Crippen LogP contribution is 2.36. The number of aromatic nitrogens is 1. The molecule has 0 spiro atoms. The van der Waals surface area contributed by atoms with Gasteiger partial charge in [-0.3, -0.25) is 4.79 Å². The standard InChI is InChI=1S/C24H26N2O5/c1-15-18(24(25)27)13-19(17-6-8-21-23(12-17)31-10-4-9-30-21)26(15)14-16-5-7-20(28-2)22(11-16)29-3/h5-8,11-13H,4,9-10,14H2,1-3H3,(H2,25,27). The Labute approximate surface area is 181 Å². The van der Waals surface area contributed by atoms with Crippen molar-refractivity contribution in [3.05, 3.63) is 59.3 Å². The molecule has 2 aromatic carbocycles. The van der Waals surface area contributed by atoms with Crippen LogP contribution in [0.15, 0.2) is 42.5 Å². The first-order valence-electron chi connectivity index (χ1n) is 10.1. The van der Waals surface area contributed by atoms with Crippen LogP contribution in [0.2, 0.25) is 0 Å². The summed E-state index contributed by atoms with van der Waals surface area (Å²) in [5.41, 5.74) is 9.73. The van der Waals surface area contributed by atoms with E-state index in [1.807, 2.05) is 49.4 Å². The van der Waals surface area contributed by atoms with Gasteiger partial charge in [0, 0.05) is 29.9 Å². The fourth-order valence-corrected chi connectivity index (χ4v) is 3.82. The number of methoxy groups -OCH3 is 2. The lowest BCUT2D eigenvalue weighted by Crippen LogP contribution is -2.12. The monoisotopic (exact) mass is 422 g/mol. The van der Waals surface area contributed by atoms with Crippen molar-refractivity contribution >= 4 is 5.91 Å². The Bertz CT molecular complexity index is 1120. The molecular weight excluding hydrogens is 396 g/mol. The number of primary amides is 1. The van der Waals surface area contributed by atoms with Crippen LogP contribution in [0.3, 0.4) is 0 Å². The molecule has 0 aliphatic carbocycles. The van der Waals surface area contributed by atoms with Crippen molar-refractivity contribution in [2.45, 2.75) is 19.9 Å². The first-order chi connectivity index (χ1) is 15.0. The molecule has 2 N–H and O–H groups in total. The highest BCUT2D eigenvalue weighted by Gasteiger charge is 2.19. The Hall–Kier alpha value is -3.61. The van der Waals surface area contributed by atoms with Crippen molar-refractivity contribution in [2.75, 3.05) is 27.4 Å². The Morgan fingerprint density at radius 3 is 2.45 bits per heavy atom. The van der Waals surface area contributed by atoms with E-state index in [2.05, 4.69) is 4.57 Å². The zero-order valence-corrected chi connectivity index (χ0v) is 17.9. The van der Waals surface area contributed by atoms with Gasteiger partial charge in [-0.15, -0.1) is 0 Å². The molecule has 0 saturated carbocycles. The second kappa shape index (κ2) is 8.63. The fourth-order valence-electron chi connectivity index (χ4n) is 3.82. The summed E-state index contributed by atoms with van der Waals surface area (Å²) < 4.78 is 24.4. The number of hydrogen-bond donors (Lipinski definition) is 1. The second-order valence-corrected chi connectivity index (χ2v) is 7.38. The summed E-state index contributed by atoms with van der Waals surface area (Å²) in [7, 11) is 3.21. The average Bonchev–Trinajstić information content (AvgIpc) is 2.95. The predicted molar refractivity (Wildman–Crippen MR) is 117 cm³/mol. The SMILES string of the molecule is COc1ccc(Cn2c(-c3ccc4c(c3)OCCCO4)cc(C(N)=O)c2C)cc1OC. The topological polar surface area (TPSA) is 84.9 Å². The molecule has 0 unspecified atom stereocenters. The molecule has 1 aliphatic heterocycles. The minimum Gasteiger partial charge on any atom is -0.493 e. The number of carbonyl (C=O) groups excluding carboxylic acids is 1. The molecule has 4 rings (SSSR count). The Morgan fingerprint density at radius 1 is 1.00 bits per heavy atom. The number of carbonyl (C=O) groups is 1. The molecule has 31 heavy (non-hydrogen) atoms. The number of nitrogens with zero attached hydrogens (tertiary/aromatic N) is 1. The van der Waals surface area contributed by atoms with E-state index in [0.29, 0.717) is 42.6 Å². The van der Waals surface area contributed by atoms with Crippen LogP contribution in [0.5, 0.6) is 23.0 Å². The quantitative estimate of drug-likeness (QED) is 0.653. The summed E-state index contributed by atoms with van der Waals surface area (Å²) >= 11 is 0. The second-order valence-electron chi connectivity index (χ2n) is 7.38. The van der Waals surface area contributed by atoms with E-state index in [1.165, 1.54) is 0 Å². The maximum atomic E-state index is 12.1. The maximum absolute atomic E-state index is 12.1. The molecule has 1 amide bonds. The third-order valence-corrected chi connectivity index (χ3v) is 5.46. The molecule has 0 radical (unpaired) electrons. The number of nitrogens with two attached hydrogens (primary N) is 1. The summed E-state index contributed by atoms with van der Waals surface area (Å²) in [6.07, 6.45) is 0.838. The van der Waals surface area contributed by atoms with Crippen LogP contribution in [0.4, 0.5) is 0 Å². The molecule has 0 bridgehead atoms. The van der Waals surface area contributed by atoms with Crippen molar-refractivity contribution in [3.8, 4) is 34.3 Å². The molecule has 0 fully saturated rings. The molecule has 1 aromatic heterocycles. The van der Waals surface area contributed by atoms with E-state index in [1.54, 1.807) is 14.2 Å². The van der Waals surface area contributed by atoms with Crippen LogP contribution in [-0.2, 0) is 6.54 Å². The van der Waals surface area contributed by atoms with Crippen LogP contribution in [-0.4, -0.2) is 37.9 Å². The van der Waals surface area contributed by atoms with E-state index < -0.39 is 5.91 Å². The van der Waals surface area contributed by atoms with Gasteiger partial charge in [-0.2, -0.15) is 0 Å². The third-order valence-electron chi connectivity index (χ3n) is 5.46. The summed E-state index contributed by atoms with van der Waals surface area (Å²) in [5.74, 6) is 2.28. The van der Waals surface area contributed by atoms with Crippen molar-refractivity contribution in [3.63, 3.8) is 0 Å². The number of rotatable bonds is 6. The highest BCUT2D eigenvalue weighted by molar-refractivity contribution is 5.95. The maximum Gasteiger partial charge on any atom is 0.250 e. The lowest BCUT2D eigenvalue weighted by atomic mass is 10.1. The molecule has 0 atom stereocenters. The van der Waals surface area contributed by atoms with Crippen molar-refractivity contribution < 1.29 is 23.7 Å². The normalized spacial score (nSPS) is 12.9. The number of benzene rings is 2. The van der Waals surface area contributed by atoms with Gasteiger partial charge in [0.15, 0.2) is 23.0 Å². The molecule has 162 valence electrons. The lowest BCUT2D eigenvalue weighted by molar-refractivity contribution is 0.0999. The molecule has 7 heteroatoms. The van der Waals surface area contributed by atoms with E-state index >= 15 is 0 Å². The van der Waals surface area contributed by atoms with Crippen LogP contribution in [0, 0.1) is 6.92 Å². The molecule has 0 saturated heterocycles. The van der Waals surface area contributed by atoms with E-state index in [-0.39, 0.29) is 0 Å². The van der Waals surface area contributed by atoms with Gasteiger partial charge in [-0.1, -0.05) is 6.07 Å². The molecule has 2 heterocycles.